The number of nitrogens with one attached hydrogen (secondary N) is 2. The van der Waals surface area contributed by atoms with Crippen LogP contribution in [0.1, 0.15) is 80.7 Å². The summed E-state index contributed by atoms with van der Waals surface area (Å²) < 4.78 is 35.9. The minimum Gasteiger partial charge on any atom is -0.444 e. The van der Waals surface area contributed by atoms with E-state index >= 15 is 4.39 Å². The predicted molar refractivity (Wildman–Crippen MR) is 179 cm³/mol. The highest BCUT2D eigenvalue weighted by molar-refractivity contribution is 6.06. The normalized spacial score (nSPS) is 24.5. The number of halogens is 2. The summed E-state index contributed by atoms with van der Waals surface area (Å²) in [6.07, 6.45) is 4.54. The van der Waals surface area contributed by atoms with Crippen LogP contribution in [0.5, 0.6) is 0 Å². The maximum atomic E-state index is 15.2. The highest BCUT2D eigenvalue weighted by Gasteiger charge is 2.63. The quantitative estimate of drug-likeness (QED) is 0.375. The van der Waals surface area contributed by atoms with Gasteiger partial charge in [-0.3, -0.25) is 19.3 Å². The van der Waals surface area contributed by atoms with E-state index in [2.05, 4.69) is 15.6 Å². The molecule has 2 aliphatic heterocycles. The Labute approximate surface area is 288 Å². The molecule has 3 spiro atoms. The average molecular weight is 684 g/mol. The van der Waals surface area contributed by atoms with Gasteiger partial charge in [-0.1, -0.05) is 25.0 Å². The molecule has 5 aliphatic rings. The number of nitrogens with zero attached hydrogens (tertiary/aromatic N) is 3. The maximum Gasteiger partial charge on any atom is 0.411 e. The van der Waals surface area contributed by atoms with Gasteiger partial charge in [0.25, 0.3) is 0 Å². The Kier molecular flexibility index (Phi) is 7.16. The fourth-order valence-electron chi connectivity index (χ4n) is 9.16. The summed E-state index contributed by atoms with van der Waals surface area (Å²) in [7, 11) is 0. The van der Waals surface area contributed by atoms with Crippen LogP contribution in [0.2, 0.25) is 0 Å². The van der Waals surface area contributed by atoms with E-state index in [1.54, 1.807) is 33.0 Å². The number of hydrogen-bond donors (Lipinski definition) is 2. The molecule has 2 atom stereocenters. The van der Waals surface area contributed by atoms with Gasteiger partial charge in [0, 0.05) is 23.5 Å². The van der Waals surface area contributed by atoms with Gasteiger partial charge in [-0.05, 0) is 106 Å². The molecular formula is C38H39F2N5O5. The SMILES string of the molecule is CC(C)(C)OC(=O)N1C[C@@]2(CCc3c(F)cc(F)cc32)N(CC(=O)Nc2ccc3c(c2)C[C@@]2(C3)C(=O)Nc3ncccc32)C(=O)C12CCCC2. The Morgan fingerprint density at radius 3 is 2.50 bits per heavy atom. The van der Waals surface area contributed by atoms with Crippen molar-refractivity contribution in [1.29, 1.82) is 0 Å². The predicted octanol–water partition coefficient (Wildman–Crippen LogP) is 5.52. The van der Waals surface area contributed by atoms with Gasteiger partial charge in [0.05, 0.1) is 17.5 Å². The molecule has 0 unspecified atom stereocenters. The number of piperazine rings is 1. The zero-order valence-electron chi connectivity index (χ0n) is 28.3. The second-order valence-electron chi connectivity index (χ2n) is 15.5. The van der Waals surface area contributed by atoms with Crippen molar-refractivity contribution in [3.05, 3.63) is 88.1 Å². The van der Waals surface area contributed by atoms with Gasteiger partial charge in [0.1, 0.15) is 35.1 Å². The van der Waals surface area contributed by atoms with Gasteiger partial charge in [-0.15, -0.1) is 0 Å². The zero-order chi connectivity index (χ0) is 35.2. The lowest BCUT2D eigenvalue weighted by Crippen LogP contribution is -2.73. The van der Waals surface area contributed by atoms with E-state index in [0.717, 1.165) is 22.8 Å². The van der Waals surface area contributed by atoms with Gasteiger partial charge in [0.2, 0.25) is 17.7 Å². The summed E-state index contributed by atoms with van der Waals surface area (Å²) in [4.78, 5) is 63.1. The van der Waals surface area contributed by atoms with Crippen molar-refractivity contribution < 1.29 is 32.7 Å². The molecule has 3 aromatic rings. The number of aromatic nitrogens is 1. The van der Waals surface area contributed by atoms with Crippen LogP contribution in [0.25, 0.3) is 0 Å². The average Bonchev–Trinajstić information content (AvgIpc) is 3.82. The number of anilines is 2. The minimum atomic E-state index is -1.35. The van der Waals surface area contributed by atoms with E-state index < -0.39 is 51.6 Å². The molecule has 3 heterocycles. The largest absolute Gasteiger partial charge is 0.444 e. The molecule has 0 radical (unpaired) electrons. The molecule has 8 rings (SSSR count). The molecule has 0 bridgehead atoms. The summed E-state index contributed by atoms with van der Waals surface area (Å²) in [6, 6.07) is 11.3. The number of amides is 4. The van der Waals surface area contributed by atoms with Crippen molar-refractivity contribution in [2.24, 2.45) is 0 Å². The van der Waals surface area contributed by atoms with Crippen LogP contribution in [-0.2, 0) is 49.3 Å². The van der Waals surface area contributed by atoms with Crippen LogP contribution in [0.15, 0.2) is 48.7 Å². The van der Waals surface area contributed by atoms with Crippen LogP contribution in [0.4, 0.5) is 25.1 Å². The molecule has 10 nitrogen and oxygen atoms in total. The fraction of sp³-hybridized carbons (Fsp3) is 0.447. The Morgan fingerprint density at radius 1 is 0.980 bits per heavy atom. The lowest BCUT2D eigenvalue weighted by atomic mass is 9.79. The van der Waals surface area contributed by atoms with E-state index in [1.807, 2.05) is 24.3 Å². The molecule has 4 amide bonds. The first-order valence-corrected chi connectivity index (χ1v) is 17.2. The summed E-state index contributed by atoms with van der Waals surface area (Å²) in [5.74, 6) is -1.96. The third-order valence-corrected chi connectivity index (χ3v) is 11.4. The smallest absolute Gasteiger partial charge is 0.411 e. The molecule has 3 aliphatic carbocycles. The number of benzene rings is 2. The molecule has 2 N–H and O–H groups in total. The van der Waals surface area contributed by atoms with Crippen LogP contribution in [0.3, 0.4) is 0 Å². The van der Waals surface area contributed by atoms with Crippen molar-refractivity contribution in [3.8, 4) is 0 Å². The number of hydrogen-bond acceptors (Lipinski definition) is 6. The van der Waals surface area contributed by atoms with E-state index in [1.165, 1.54) is 15.9 Å². The first kappa shape index (κ1) is 32.3. The molecule has 1 saturated heterocycles. The second-order valence-corrected chi connectivity index (χ2v) is 15.5. The summed E-state index contributed by atoms with van der Waals surface area (Å²) in [5, 5.41) is 5.85. The van der Waals surface area contributed by atoms with Gasteiger partial charge >= 0.3 is 6.09 Å². The third-order valence-electron chi connectivity index (χ3n) is 11.4. The number of carbonyl (C=O) groups excluding carboxylic acids is 4. The molecule has 260 valence electrons. The first-order chi connectivity index (χ1) is 23.7. The van der Waals surface area contributed by atoms with Gasteiger partial charge in [0.15, 0.2) is 0 Å². The first-order valence-electron chi connectivity index (χ1n) is 17.2. The number of carbonyl (C=O) groups is 4. The van der Waals surface area contributed by atoms with E-state index in [9.17, 15) is 23.6 Å². The van der Waals surface area contributed by atoms with Crippen molar-refractivity contribution in [3.63, 3.8) is 0 Å². The Balaban J connectivity index is 1.11. The van der Waals surface area contributed by atoms with Crippen LogP contribution >= 0.6 is 0 Å². The standard InChI is InChI=1S/C38H39F2N5O5/c1-35(2,3)50-34(49)45-21-38(13-10-26-28(38)16-24(39)17-29(26)40)44(33(48)37(45)11-4-5-12-37)20-30(46)42-25-9-8-22-18-36(19-23(22)15-25)27-7-6-14-41-31(27)43-32(36)47/h6-9,14-17H,4-5,10-13,18-21H2,1-3H3,(H,42,46)(H,41,43,47)/t36-,38-/m1/s1. The third kappa shape index (κ3) is 4.81. The van der Waals surface area contributed by atoms with Gasteiger partial charge in [-0.2, -0.15) is 0 Å². The summed E-state index contributed by atoms with van der Waals surface area (Å²) in [6.45, 7) is 4.80. The van der Waals surface area contributed by atoms with Gasteiger partial charge in [-0.25, -0.2) is 18.6 Å². The van der Waals surface area contributed by atoms with Crippen molar-refractivity contribution in [2.75, 3.05) is 23.7 Å². The fourth-order valence-corrected chi connectivity index (χ4v) is 9.16. The molecule has 2 aromatic carbocycles. The van der Waals surface area contributed by atoms with E-state index in [0.29, 0.717) is 50.0 Å². The monoisotopic (exact) mass is 683 g/mol. The topological polar surface area (TPSA) is 121 Å². The Morgan fingerprint density at radius 2 is 1.74 bits per heavy atom. The lowest BCUT2D eigenvalue weighted by molar-refractivity contribution is -0.166. The molecular weight excluding hydrogens is 644 g/mol. The minimum absolute atomic E-state index is 0.0594. The number of fused-ring (bicyclic) bond motifs is 5. The van der Waals surface area contributed by atoms with E-state index in [4.69, 9.17) is 4.74 Å². The lowest BCUT2D eigenvalue weighted by Gasteiger charge is -2.56. The van der Waals surface area contributed by atoms with Crippen LogP contribution in [-0.4, -0.2) is 62.8 Å². The van der Waals surface area contributed by atoms with Crippen LogP contribution < -0.4 is 10.6 Å². The highest BCUT2D eigenvalue weighted by Crippen LogP contribution is 2.52. The molecule has 50 heavy (non-hydrogen) atoms. The zero-order valence-corrected chi connectivity index (χ0v) is 28.3. The molecule has 1 saturated carbocycles. The van der Waals surface area contributed by atoms with E-state index in [-0.39, 0.29) is 43.0 Å². The van der Waals surface area contributed by atoms with Crippen molar-refractivity contribution in [2.45, 2.75) is 94.2 Å². The second kappa shape index (κ2) is 11.1. The number of rotatable bonds is 3. The summed E-state index contributed by atoms with van der Waals surface area (Å²) in [5.41, 5.74) is -0.372. The molecule has 1 aromatic heterocycles. The van der Waals surface area contributed by atoms with Crippen LogP contribution in [0, 0.1) is 11.6 Å². The highest BCUT2D eigenvalue weighted by atomic mass is 19.1. The van der Waals surface area contributed by atoms with Gasteiger partial charge < -0.3 is 20.3 Å². The molecule has 2 fully saturated rings. The number of pyridine rings is 1. The molecule has 12 heteroatoms. The summed E-state index contributed by atoms with van der Waals surface area (Å²) >= 11 is 0. The Bertz CT molecular complexity index is 1990. The van der Waals surface area contributed by atoms with Crippen molar-refractivity contribution in [1.82, 2.24) is 14.8 Å². The maximum absolute atomic E-state index is 15.2. The number of ether oxygens (including phenoxy) is 1. The Hall–Kier alpha value is -4.87. The van der Waals surface area contributed by atoms with Crippen molar-refractivity contribution >= 4 is 35.3 Å².